The van der Waals surface area contributed by atoms with Gasteiger partial charge in [-0.3, -0.25) is 18.7 Å². The van der Waals surface area contributed by atoms with Crippen LogP contribution in [0.1, 0.15) is 6.92 Å². The van der Waals surface area contributed by atoms with Crippen LogP contribution in [0, 0.1) is 0 Å². The molecule has 112 valence electrons. The van der Waals surface area contributed by atoms with E-state index in [-0.39, 0.29) is 12.5 Å². The molecular formula is C14H18N4O3. The lowest BCUT2D eigenvalue weighted by molar-refractivity contribution is -0.129. The number of nitrogen functional groups attached to an aromatic ring is 1. The molecule has 0 radical (unpaired) electrons. The molecule has 0 fully saturated rings. The average Bonchev–Trinajstić information content (AvgIpc) is 2.44. The van der Waals surface area contributed by atoms with Crippen LogP contribution in [0.4, 0.5) is 5.69 Å². The van der Waals surface area contributed by atoms with Gasteiger partial charge in [0.25, 0.3) is 5.56 Å². The number of benzene rings is 1. The van der Waals surface area contributed by atoms with Crippen molar-refractivity contribution in [3.8, 4) is 0 Å². The Balaban J connectivity index is 2.80. The van der Waals surface area contributed by atoms with E-state index in [2.05, 4.69) is 0 Å². The number of hydrogen-bond acceptors (Lipinski definition) is 4. The highest BCUT2D eigenvalue weighted by molar-refractivity contribution is 5.82. The molecule has 0 atom stereocenters. The summed E-state index contributed by atoms with van der Waals surface area (Å²) in [4.78, 5) is 38.0. The molecule has 0 bridgehead atoms. The molecule has 0 spiro atoms. The number of anilines is 1. The van der Waals surface area contributed by atoms with Crippen molar-refractivity contribution in [2.45, 2.75) is 20.0 Å². The smallest absolute Gasteiger partial charge is 0.331 e. The fraction of sp³-hybridized carbons (Fsp3) is 0.357. The van der Waals surface area contributed by atoms with Gasteiger partial charge in [0.15, 0.2) is 0 Å². The van der Waals surface area contributed by atoms with Crippen LogP contribution in [0.2, 0.25) is 0 Å². The molecule has 0 saturated carbocycles. The molecule has 1 amide bonds. The minimum atomic E-state index is -0.498. The van der Waals surface area contributed by atoms with E-state index in [0.717, 1.165) is 4.57 Å². The fourth-order valence-electron chi connectivity index (χ4n) is 2.16. The highest BCUT2D eigenvalue weighted by Crippen LogP contribution is 2.12. The van der Waals surface area contributed by atoms with E-state index in [9.17, 15) is 14.4 Å². The Labute approximate surface area is 121 Å². The first kappa shape index (κ1) is 14.8. The molecule has 2 N–H and O–H groups in total. The monoisotopic (exact) mass is 290 g/mol. The average molecular weight is 290 g/mol. The van der Waals surface area contributed by atoms with E-state index >= 15 is 0 Å². The normalized spacial score (nSPS) is 10.8. The fourth-order valence-corrected chi connectivity index (χ4v) is 2.16. The molecule has 0 unspecified atom stereocenters. The third kappa shape index (κ3) is 2.54. The maximum atomic E-state index is 12.5. The van der Waals surface area contributed by atoms with Crippen LogP contribution in [0.3, 0.4) is 0 Å². The summed E-state index contributed by atoms with van der Waals surface area (Å²) in [5, 5.41) is 0.336. The van der Waals surface area contributed by atoms with Gasteiger partial charge < -0.3 is 10.6 Å². The number of rotatable bonds is 3. The second-order valence-corrected chi connectivity index (χ2v) is 4.98. The van der Waals surface area contributed by atoms with Crippen LogP contribution in [0.25, 0.3) is 10.9 Å². The molecule has 1 aromatic heterocycles. The van der Waals surface area contributed by atoms with Gasteiger partial charge in [-0.1, -0.05) is 0 Å². The summed E-state index contributed by atoms with van der Waals surface area (Å²) in [7, 11) is 3.15. The molecule has 0 aliphatic rings. The SMILES string of the molecule is CCn1c(=O)n(CC(=O)N(C)C)c(=O)c2cc(N)ccc21. The molecule has 1 aromatic carbocycles. The van der Waals surface area contributed by atoms with Crippen molar-refractivity contribution in [3.63, 3.8) is 0 Å². The quantitative estimate of drug-likeness (QED) is 0.796. The van der Waals surface area contributed by atoms with Crippen LogP contribution in [0.5, 0.6) is 0 Å². The van der Waals surface area contributed by atoms with E-state index in [4.69, 9.17) is 5.73 Å². The Hall–Kier alpha value is -2.57. The molecule has 7 heteroatoms. The van der Waals surface area contributed by atoms with E-state index in [0.29, 0.717) is 23.1 Å². The summed E-state index contributed by atoms with van der Waals surface area (Å²) in [5.74, 6) is -0.319. The number of fused-ring (bicyclic) bond motifs is 1. The first-order valence-corrected chi connectivity index (χ1v) is 6.59. The van der Waals surface area contributed by atoms with E-state index in [1.807, 2.05) is 0 Å². The van der Waals surface area contributed by atoms with Crippen LogP contribution < -0.4 is 17.0 Å². The first-order chi connectivity index (χ1) is 9.86. The number of nitrogens with zero attached hydrogens (tertiary/aromatic N) is 3. The highest BCUT2D eigenvalue weighted by Gasteiger charge is 2.15. The standard InChI is InChI=1S/C14H18N4O3/c1-4-17-11-6-5-9(15)7-10(11)13(20)18(14(17)21)8-12(19)16(2)3/h5-7H,4,8,15H2,1-3H3. The number of aryl methyl sites for hydroxylation is 1. The molecule has 0 aliphatic heterocycles. The number of hydrogen-bond donors (Lipinski definition) is 1. The predicted molar refractivity (Wildman–Crippen MR) is 81.2 cm³/mol. The topological polar surface area (TPSA) is 90.3 Å². The Kier molecular flexibility index (Phi) is 3.84. The second kappa shape index (κ2) is 5.43. The lowest BCUT2D eigenvalue weighted by Crippen LogP contribution is -2.43. The summed E-state index contributed by atoms with van der Waals surface area (Å²) in [6.45, 7) is 1.92. The van der Waals surface area contributed by atoms with Crippen molar-refractivity contribution in [1.82, 2.24) is 14.0 Å². The molecule has 7 nitrogen and oxygen atoms in total. The second-order valence-electron chi connectivity index (χ2n) is 4.98. The van der Waals surface area contributed by atoms with Crippen LogP contribution in [0.15, 0.2) is 27.8 Å². The third-order valence-electron chi connectivity index (χ3n) is 3.36. The Bertz CT molecular complexity index is 817. The number of aromatic nitrogens is 2. The van der Waals surface area contributed by atoms with Crippen molar-refractivity contribution in [1.29, 1.82) is 0 Å². The lowest BCUT2D eigenvalue weighted by Gasteiger charge is -2.15. The minimum Gasteiger partial charge on any atom is -0.399 e. The molecule has 0 saturated heterocycles. The molecule has 0 aliphatic carbocycles. The van der Waals surface area contributed by atoms with Crippen molar-refractivity contribution in [2.75, 3.05) is 19.8 Å². The van der Waals surface area contributed by atoms with Crippen LogP contribution in [-0.2, 0) is 17.9 Å². The Morgan fingerprint density at radius 1 is 1.24 bits per heavy atom. The van der Waals surface area contributed by atoms with Crippen molar-refractivity contribution in [2.24, 2.45) is 0 Å². The van der Waals surface area contributed by atoms with Gasteiger partial charge in [-0.05, 0) is 25.1 Å². The van der Waals surface area contributed by atoms with Gasteiger partial charge in [-0.25, -0.2) is 4.79 Å². The first-order valence-electron chi connectivity index (χ1n) is 6.59. The number of carbonyl (C=O) groups excluding carboxylic acids is 1. The summed E-state index contributed by atoms with van der Waals surface area (Å²) in [5.41, 5.74) is 5.68. The number of nitrogens with two attached hydrogens (primary N) is 1. The Morgan fingerprint density at radius 2 is 1.90 bits per heavy atom. The highest BCUT2D eigenvalue weighted by atomic mass is 16.2. The Morgan fingerprint density at radius 3 is 2.48 bits per heavy atom. The van der Waals surface area contributed by atoms with Gasteiger partial charge in [0.05, 0.1) is 10.9 Å². The van der Waals surface area contributed by atoms with Gasteiger partial charge in [0.1, 0.15) is 6.54 Å². The molecule has 21 heavy (non-hydrogen) atoms. The van der Waals surface area contributed by atoms with Gasteiger partial charge >= 0.3 is 5.69 Å². The number of likely N-dealkylation sites (N-methyl/N-ethyl adjacent to an activating group) is 1. The summed E-state index contributed by atoms with van der Waals surface area (Å²) in [6, 6.07) is 4.82. The molecule has 2 rings (SSSR count). The van der Waals surface area contributed by atoms with Crippen molar-refractivity contribution < 1.29 is 4.79 Å². The third-order valence-corrected chi connectivity index (χ3v) is 3.36. The largest absolute Gasteiger partial charge is 0.399 e. The molecule has 2 aromatic rings. The minimum absolute atomic E-state index is 0.282. The van der Waals surface area contributed by atoms with Crippen LogP contribution >= 0.6 is 0 Å². The summed E-state index contributed by atoms with van der Waals surface area (Å²) in [6.07, 6.45) is 0. The van der Waals surface area contributed by atoms with E-state index in [1.165, 1.54) is 15.5 Å². The zero-order chi connectivity index (χ0) is 15.7. The van der Waals surface area contributed by atoms with Crippen molar-refractivity contribution in [3.05, 3.63) is 39.0 Å². The van der Waals surface area contributed by atoms with Crippen LogP contribution in [-0.4, -0.2) is 34.0 Å². The van der Waals surface area contributed by atoms with Gasteiger partial charge in [-0.2, -0.15) is 0 Å². The van der Waals surface area contributed by atoms with Gasteiger partial charge in [0, 0.05) is 26.3 Å². The van der Waals surface area contributed by atoms with Crippen molar-refractivity contribution >= 4 is 22.5 Å². The molecule has 1 heterocycles. The zero-order valence-electron chi connectivity index (χ0n) is 12.3. The summed E-state index contributed by atoms with van der Waals surface area (Å²) >= 11 is 0. The van der Waals surface area contributed by atoms with Gasteiger partial charge in [0.2, 0.25) is 5.91 Å². The number of carbonyl (C=O) groups is 1. The maximum absolute atomic E-state index is 12.5. The maximum Gasteiger partial charge on any atom is 0.331 e. The van der Waals surface area contributed by atoms with E-state index < -0.39 is 11.2 Å². The molecular weight excluding hydrogens is 272 g/mol. The summed E-state index contributed by atoms with van der Waals surface area (Å²) < 4.78 is 2.41. The number of amides is 1. The van der Waals surface area contributed by atoms with Gasteiger partial charge in [-0.15, -0.1) is 0 Å². The lowest BCUT2D eigenvalue weighted by atomic mass is 10.2. The zero-order valence-corrected chi connectivity index (χ0v) is 12.3. The van der Waals surface area contributed by atoms with E-state index in [1.54, 1.807) is 33.2 Å². The predicted octanol–water partition coefficient (Wildman–Crippen LogP) is -0.146.